The summed E-state index contributed by atoms with van der Waals surface area (Å²) in [6.07, 6.45) is 0. The molecule has 6 nitrogen and oxygen atoms in total. The van der Waals surface area contributed by atoms with Gasteiger partial charge < -0.3 is 10.1 Å². The number of ether oxygens (including phenoxy) is 1. The smallest absolute Gasteiger partial charge is 0.262 e. The fourth-order valence-electron chi connectivity index (χ4n) is 1.86. The van der Waals surface area contributed by atoms with Crippen LogP contribution in [-0.2, 0) is 14.8 Å². The van der Waals surface area contributed by atoms with Gasteiger partial charge in [-0.3, -0.25) is 4.79 Å². The predicted octanol–water partition coefficient (Wildman–Crippen LogP) is 2.75. The molecule has 0 fully saturated rings. The Morgan fingerprint density at radius 2 is 1.96 bits per heavy atom. The third-order valence-electron chi connectivity index (χ3n) is 3.16. The summed E-state index contributed by atoms with van der Waals surface area (Å²) < 4.78 is 43.5. The first-order valence-electron chi connectivity index (χ1n) is 7.10. The summed E-state index contributed by atoms with van der Waals surface area (Å²) >= 11 is 5.63. The van der Waals surface area contributed by atoms with Crippen molar-refractivity contribution in [3.8, 4) is 5.75 Å². The molecule has 1 N–H and O–H groups in total. The van der Waals surface area contributed by atoms with E-state index < -0.39 is 21.7 Å². The van der Waals surface area contributed by atoms with Crippen molar-refractivity contribution in [2.75, 3.05) is 26.0 Å². The molecule has 0 aromatic heterocycles. The Hall–Kier alpha value is -2.16. The molecule has 0 atom stereocenters. The van der Waals surface area contributed by atoms with E-state index in [1.54, 1.807) is 6.07 Å². The van der Waals surface area contributed by atoms with Gasteiger partial charge in [-0.2, -0.15) is 0 Å². The summed E-state index contributed by atoms with van der Waals surface area (Å²) in [5.41, 5.74) is 0.314. The highest BCUT2D eigenvalue weighted by Crippen LogP contribution is 2.21. The summed E-state index contributed by atoms with van der Waals surface area (Å²) in [6.45, 7) is -0.341. The van der Waals surface area contributed by atoms with Crippen molar-refractivity contribution >= 4 is 33.2 Å². The van der Waals surface area contributed by atoms with Crippen molar-refractivity contribution in [2.24, 2.45) is 0 Å². The first-order chi connectivity index (χ1) is 11.7. The van der Waals surface area contributed by atoms with Gasteiger partial charge in [-0.15, -0.1) is 0 Å². The molecular weight excluding hydrogens is 371 g/mol. The summed E-state index contributed by atoms with van der Waals surface area (Å²) in [6, 6.07) is 9.59. The zero-order chi connectivity index (χ0) is 18.6. The number of anilines is 1. The molecule has 134 valence electrons. The molecule has 0 aliphatic carbocycles. The number of hydrogen-bond acceptors (Lipinski definition) is 4. The topological polar surface area (TPSA) is 75.7 Å². The Balaban J connectivity index is 2.02. The van der Waals surface area contributed by atoms with Crippen LogP contribution in [0.15, 0.2) is 47.4 Å². The monoisotopic (exact) mass is 386 g/mol. The number of nitrogens with zero attached hydrogens (tertiary/aromatic N) is 1. The average Bonchev–Trinajstić information content (AvgIpc) is 2.56. The van der Waals surface area contributed by atoms with E-state index in [2.05, 4.69) is 5.32 Å². The minimum Gasteiger partial charge on any atom is -0.484 e. The van der Waals surface area contributed by atoms with Gasteiger partial charge >= 0.3 is 0 Å². The van der Waals surface area contributed by atoms with E-state index in [0.717, 1.165) is 10.4 Å². The lowest BCUT2D eigenvalue weighted by Crippen LogP contribution is -2.23. The number of halogens is 2. The van der Waals surface area contributed by atoms with Gasteiger partial charge in [0.1, 0.15) is 11.6 Å². The maximum Gasteiger partial charge on any atom is 0.262 e. The molecule has 1 amide bonds. The normalized spacial score (nSPS) is 11.4. The van der Waals surface area contributed by atoms with Crippen molar-refractivity contribution in [3.05, 3.63) is 53.3 Å². The highest BCUT2D eigenvalue weighted by atomic mass is 35.5. The Morgan fingerprint density at radius 1 is 1.24 bits per heavy atom. The van der Waals surface area contributed by atoms with Crippen molar-refractivity contribution in [2.45, 2.75) is 4.90 Å². The number of amides is 1. The molecule has 2 aromatic carbocycles. The second-order valence-electron chi connectivity index (χ2n) is 5.23. The molecule has 0 saturated carbocycles. The SMILES string of the molecule is CN(C)S(=O)(=O)c1cccc(NC(=O)COc2ccc(F)c(Cl)c2)c1. The van der Waals surface area contributed by atoms with Crippen LogP contribution in [0.2, 0.25) is 5.02 Å². The first-order valence-corrected chi connectivity index (χ1v) is 8.92. The highest BCUT2D eigenvalue weighted by molar-refractivity contribution is 7.89. The Morgan fingerprint density at radius 3 is 2.60 bits per heavy atom. The quantitative estimate of drug-likeness (QED) is 0.828. The molecule has 0 saturated heterocycles. The second kappa shape index (κ2) is 7.81. The van der Waals surface area contributed by atoms with Crippen LogP contribution < -0.4 is 10.1 Å². The van der Waals surface area contributed by atoms with Crippen LogP contribution in [0.5, 0.6) is 5.75 Å². The van der Waals surface area contributed by atoms with E-state index in [1.807, 2.05) is 0 Å². The van der Waals surface area contributed by atoms with Crippen molar-refractivity contribution in [1.29, 1.82) is 0 Å². The number of carbonyl (C=O) groups is 1. The van der Waals surface area contributed by atoms with E-state index >= 15 is 0 Å². The van der Waals surface area contributed by atoms with E-state index in [1.165, 1.54) is 44.4 Å². The Labute approximate surface area is 150 Å². The van der Waals surface area contributed by atoms with Gasteiger partial charge in [-0.1, -0.05) is 17.7 Å². The molecule has 0 unspecified atom stereocenters. The van der Waals surface area contributed by atoms with Crippen LogP contribution in [0.25, 0.3) is 0 Å². The fraction of sp³-hybridized carbons (Fsp3) is 0.188. The van der Waals surface area contributed by atoms with Crippen molar-refractivity contribution < 1.29 is 22.3 Å². The zero-order valence-electron chi connectivity index (χ0n) is 13.5. The Bertz CT molecular complexity index is 887. The lowest BCUT2D eigenvalue weighted by Gasteiger charge is -2.13. The van der Waals surface area contributed by atoms with Gasteiger partial charge in [-0.05, 0) is 30.3 Å². The predicted molar refractivity (Wildman–Crippen MR) is 92.8 cm³/mol. The van der Waals surface area contributed by atoms with E-state index in [0.29, 0.717) is 5.69 Å². The molecule has 0 bridgehead atoms. The average molecular weight is 387 g/mol. The Kier molecular flexibility index (Phi) is 5.99. The molecule has 2 rings (SSSR count). The van der Waals surface area contributed by atoms with Crippen molar-refractivity contribution in [1.82, 2.24) is 4.31 Å². The standard InChI is InChI=1S/C16H16ClFN2O4S/c1-20(2)25(22,23)13-5-3-4-11(8-13)19-16(21)10-24-12-6-7-15(18)14(17)9-12/h3-9H,10H2,1-2H3,(H,19,21). The van der Waals surface area contributed by atoms with E-state index in [9.17, 15) is 17.6 Å². The maximum atomic E-state index is 13.1. The molecule has 25 heavy (non-hydrogen) atoms. The summed E-state index contributed by atoms with van der Waals surface area (Å²) in [5, 5.41) is 2.42. The van der Waals surface area contributed by atoms with Gasteiger partial charge in [0.05, 0.1) is 9.92 Å². The van der Waals surface area contributed by atoms with E-state index in [-0.39, 0.29) is 22.3 Å². The third kappa shape index (κ3) is 4.91. The lowest BCUT2D eigenvalue weighted by molar-refractivity contribution is -0.118. The minimum absolute atomic E-state index is 0.0570. The van der Waals surface area contributed by atoms with Gasteiger partial charge in [-0.25, -0.2) is 17.1 Å². The third-order valence-corrected chi connectivity index (χ3v) is 5.26. The molecule has 0 heterocycles. The van der Waals surface area contributed by atoms with Crippen LogP contribution in [0.1, 0.15) is 0 Å². The van der Waals surface area contributed by atoms with Gasteiger partial charge in [0.15, 0.2) is 6.61 Å². The van der Waals surface area contributed by atoms with Crippen LogP contribution in [0.3, 0.4) is 0 Å². The van der Waals surface area contributed by atoms with Gasteiger partial charge in [0, 0.05) is 25.8 Å². The molecule has 0 aliphatic heterocycles. The summed E-state index contributed by atoms with van der Waals surface area (Å²) in [4.78, 5) is 12.0. The van der Waals surface area contributed by atoms with Crippen LogP contribution in [-0.4, -0.2) is 39.3 Å². The number of carbonyl (C=O) groups excluding carboxylic acids is 1. The lowest BCUT2D eigenvalue weighted by atomic mass is 10.3. The highest BCUT2D eigenvalue weighted by Gasteiger charge is 2.17. The first kappa shape index (κ1) is 19.2. The zero-order valence-corrected chi connectivity index (χ0v) is 15.1. The van der Waals surface area contributed by atoms with Gasteiger partial charge in [0.25, 0.3) is 5.91 Å². The van der Waals surface area contributed by atoms with Crippen LogP contribution in [0.4, 0.5) is 10.1 Å². The maximum absolute atomic E-state index is 13.1. The molecule has 0 aliphatic rings. The summed E-state index contributed by atoms with van der Waals surface area (Å²) in [7, 11) is -0.761. The number of nitrogens with one attached hydrogen (secondary N) is 1. The minimum atomic E-state index is -3.60. The van der Waals surface area contributed by atoms with Gasteiger partial charge in [0.2, 0.25) is 10.0 Å². The summed E-state index contributed by atoms with van der Waals surface area (Å²) in [5.74, 6) is -0.845. The second-order valence-corrected chi connectivity index (χ2v) is 7.79. The van der Waals surface area contributed by atoms with E-state index in [4.69, 9.17) is 16.3 Å². The molecule has 9 heteroatoms. The molecular formula is C16H16ClFN2O4S. The largest absolute Gasteiger partial charge is 0.484 e. The number of benzene rings is 2. The number of sulfonamides is 1. The fourth-order valence-corrected chi connectivity index (χ4v) is 2.98. The van der Waals surface area contributed by atoms with Crippen LogP contribution in [0, 0.1) is 5.82 Å². The molecule has 2 aromatic rings. The molecule has 0 spiro atoms. The molecule has 0 radical (unpaired) electrons. The van der Waals surface area contributed by atoms with Crippen molar-refractivity contribution in [3.63, 3.8) is 0 Å². The number of hydrogen-bond donors (Lipinski definition) is 1. The van der Waals surface area contributed by atoms with Crippen LogP contribution >= 0.6 is 11.6 Å². The number of rotatable bonds is 6.